The van der Waals surface area contributed by atoms with Crippen LogP contribution in [-0.2, 0) is 12.5 Å². The van der Waals surface area contributed by atoms with E-state index >= 15 is 0 Å². The predicted molar refractivity (Wildman–Crippen MR) is 58.0 cm³/mol. The molecule has 0 saturated heterocycles. The van der Waals surface area contributed by atoms with Crippen LogP contribution in [-0.4, -0.2) is 21.5 Å². The van der Waals surface area contributed by atoms with Crippen molar-refractivity contribution in [3.63, 3.8) is 0 Å². The standard InChI is InChI=1S/C11H18N2O/c1-11(2,3)10-8-9(6-5-7-14)13(4)12-10/h5-6,8,14H,7H2,1-4H3/b6-5+. The van der Waals surface area contributed by atoms with Crippen LogP contribution < -0.4 is 0 Å². The molecule has 14 heavy (non-hydrogen) atoms. The molecule has 3 nitrogen and oxygen atoms in total. The molecule has 0 amide bonds. The second kappa shape index (κ2) is 3.96. The van der Waals surface area contributed by atoms with Crippen molar-refractivity contribution in [2.45, 2.75) is 26.2 Å². The summed E-state index contributed by atoms with van der Waals surface area (Å²) in [6.07, 6.45) is 3.59. The lowest BCUT2D eigenvalue weighted by molar-refractivity contribution is 0.343. The molecule has 0 aromatic carbocycles. The molecule has 0 fully saturated rings. The van der Waals surface area contributed by atoms with Crippen LogP contribution in [0.4, 0.5) is 0 Å². The summed E-state index contributed by atoms with van der Waals surface area (Å²) in [5.41, 5.74) is 2.16. The molecule has 0 saturated carbocycles. The van der Waals surface area contributed by atoms with Gasteiger partial charge in [-0.25, -0.2) is 0 Å². The molecular weight excluding hydrogens is 176 g/mol. The maximum atomic E-state index is 8.67. The Morgan fingerprint density at radius 2 is 2.14 bits per heavy atom. The van der Waals surface area contributed by atoms with Crippen LogP contribution in [0.15, 0.2) is 12.1 Å². The average Bonchev–Trinajstić information content (AvgIpc) is 2.43. The van der Waals surface area contributed by atoms with Gasteiger partial charge in [0.05, 0.1) is 18.0 Å². The number of hydrogen-bond donors (Lipinski definition) is 1. The zero-order valence-electron chi connectivity index (χ0n) is 9.28. The van der Waals surface area contributed by atoms with Crippen molar-refractivity contribution >= 4 is 6.08 Å². The number of aromatic nitrogens is 2. The number of aliphatic hydroxyl groups is 1. The smallest absolute Gasteiger partial charge is 0.0684 e. The lowest BCUT2D eigenvalue weighted by atomic mass is 9.92. The maximum absolute atomic E-state index is 8.67. The van der Waals surface area contributed by atoms with Crippen molar-refractivity contribution in [2.24, 2.45) is 7.05 Å². The first-order valence-electron chi connectivity index (χ1n) is 4.77. The van der Waals surface area contributed by atoms with Gasteiger partial charge in [-0.05, 0) is 12.1 Å². The Morgan fingerprint density at radius 3 is 2.57 bits per heavy atom. The van der Waals surface area contributed by atoms with E-state index < -0.39 is 0 Å². The van der Waals surface area contributed by atoms with E-state index in [9.17, 15) is 0 Å². The largest absolute Gasteiger partial charge is 0.392 e. The van der Waals surface area contributed by atoms with Gasteiger partial charge in [-0.1, -0.05) is 26.8 Å². The highest BCUT2D eigenvalue weighted by atomic mass is 16.2. The van der Waals surface area contributed by atoms with E-state index in [0.29, 0.717) is 0 Å². The Labute approximate surface area is 85.1 Å². The van der Waals surface area contributed by atoms with E-state index in [-0.39, 0.29) is 12.0 Å². The first-order valence-corrected chi connectivity index (χ1v) is 4.77. The van der Waals surface area contributed by atoms with Crippen LogP contribution in [0, 0.1) is 0 Å². The molecule has 0 aliphatic rings. The maximum Gasteiger partial charge on any atom is 0.0684 e. The van der Waals surface area contributed by atoms with E-state index in [4.69, 9.17) is 5.11 Å². The summed E-state index contributed by atoms with van der Waals surface area (Å²) in [6, 6.07) is 2.05. The van der Waals surface area contributed by atoms with Gasteiger partial charge in [-0.3, -0.25) is 4.68 Å². The number of rotatable bonds is 2. The zero-order chi connectivity index (χ0) is 10.8. The molecule has 1 aromatic rings. The highest BCUT2D eigenvalue weighted by molar-refractivity contribution is 5.46. The molecule has 78 valence electrons. The van der Waals surface area contributed by atoms with Gasteiger partial charge in [0.2, 0.25) is 0 Å². The topological polar surface area (TPSA) is 38.0 Å². The predicted octanol–water partition coefficient (Wildman–Crippen LogP) is 1.72. The summed E-state index contributed by atoms with van der Waals surface area (Å²) in [5, 5.41) is 13.1. The van der Waals surface area contributed by atoms with Crippen LogP contribution in [0.2, 0.25) is 0 Å². The van der Waals surface area contributed by atoms with Crippen LogP contribution >= 0.6 is 0 Å². The lowest BCUT2D eigenvalue weighted by Crippen LogP contribution is -2.12. The fourth-order valence-electron chi connectivity index (χ4n) is 1.18. The number of hydrogen-bond acceptors (Lipinski definition) is 2. The molecule has 0 radical (unpaired) electrons. The van der Waals surface area contributed by atoms with Crippen LogP contribution in [0.5, 0.6) is 0 Å². The van der Waals surface area contributed by atoms with Gasteiger partial charge in [0, 0.05) is 12.5 Å². The summed E-state index contributed by atoms with van der Waals surface area (Å²) in [6.45, 7) is 6.47. The van der Waals surface area contributed by atoms with Gasteiger partial charge in [0.1, 0.15) is 0 Å². The van der Waals surface area contributed by atoms with Crippen molar-refractivity contribution < 1.29 is 5.11 Å². The van der Waals surface area contributed by atoms with E-state index in [2.05, 4.69) is 25.9 Å². The number of aliphatic hydroxyl groups excluding tert-OH is 1. The molecule has 1 N–H and O–H groups in total. The molecule has 1 rings (SSSR count). The van der Waals surface area contributed by atoms with Crippen molar-refractivity contribution in [2.75, 3.05) is 6.61 Å². The fraction of sp³-hybridized carbons (Fsp3) is 0.545. The number of aryl methyl sites for hydroxylation is 1. The first kappa shape index (κ1) is 11.0. The Kier molecular flexibility index (Phi) is 3.11. The highest BCUT2D eigenvalue weighted by Gasteiger charge is 2.17. The molecule has 3 heteroatoms. The van der Waals surface area contributed by atoms with Gasteiger partial charge < -0.3 is 5.11 Å². The van der Waals surface area contributed by atoms with E-state index in [1.165, 1.54) is 0 Å². The second-order valence-corrected chi connectivity index (χ2v) is 4.41. The van der Waals surface area contributed by atoms with Gasteiger partial charge in [0.25, 0.3) is 0 Å². The van der Waals surface area contributed by atoms with Crippen LogP contribution in [0.25, 0.3) is 6.08 Å². The highest BCUT2D eigenvalue weighted by Crippen LogP contribution is 2.21. The molecule has 0 spiro atoms. The monoisotopic (exact) mass is 194 g/mol. The Hall–Kier alpha value is -1.09. The summed E-state index contributed by atoms with van der Waals surface area (Å²) >= 11 is 0. The Bertz CT molecular complexity index is 332. The van der Waals surface area contributed by atoms with Crippen molar-refractivity contribution in [3.05, 3.63) is 23.5 Å². The third-order valence-electron chi connectivity index (χ3n) is 2.08. The average molecular weight is 194 g/mol. The van der Waals surface area contributed by atoms with Gasteiger partial charge in [-0.15, -0.1) is 0 Å². The molecule has 0 bridgehead atoms. The SMILES string of the molecule is Cn1nc(C(C)(C)C)cc1/C=C/CO. The molecule has 1 aromatic heterocycles. The van der Waals surface area contributed by atoms with E-state index in [1.807, 2.05) is 23.9 Å². The van der Waals surface area contributed by atoms with Crippen LogP contribution in [0.1, 0.15) is 32.2 Å². The first-order chi connectivity index (χ1) is 6.45. The minimum absolute atomic E-state index is 0.0655. The van der Waals surface area contributed by atoms with E-state index in [1.54, 1.807) is 6.08 Å². The second-order valence-electron chi connectivity index (χ2n) is 4.41. The van der Waals surface area contributed by atoms with Crippen LogP contribution in [0.3, 0.4) is 0 Å². The van der Waals surface area contributed by atoms with Crippen molar-refractivity contribution in [1.82, 2.24) is 9.78 Å². The van der Waals surface area contributed by atoms with Crippen molar-refractivity contribution in [3.8, 4) is 0 Å². The van der Waals surface area contributed by atoms with Gasteiger partial charge in [-0.2, -0.15) is 5.10 Å². The Morgan fingerprint density at radius 1 is 1.50 bits per heavy atom. The van der Waals surface area contributed by atoms with Crippen molar-refractivity contribution in [1.29, 1.82) is 0 Å². The third kappa shape index (κ3) is 2.45. The minimum atomic E-state index is 0.0655. The summed E-state index contributed by atoms with van der Waals surface area (Å²) in [7, 11) is 1.91. The molecule has 0 atom stereocenters. The third-order valence-corrected chi connectivity index (χ3v) is 2.08. The van der Waals surface area contributed by atoms with Gasteiger partial charge >= 0.3 is 0 Å². The summed E-state index contributed by atoms with van der Waals surface area (Å²) < 4.78 is 1.83. The number of nitrogens with zero attached hydrogens (tertiary/aromatic N) is 2. The summed E-state index contributed by atoms with van der Waals surface area (Å²) in [5.74, 6) is 0. The zero-order valence-corrected chi connectivity index (χ0v) is 9.28. The quantitative estimate of drug-likeness (QED) is 0.778. The van der Waals surface area contributed by atoms with Gasteiger partial charge in [0.15, 0.2) is 0 Å². The minimum Gasteiger partial charge on any atom is -0.392 e. The van der Waals surface area contributed by atoms with E-state index in [0.717, 1.165) is 11.4 Å². The Balaban J connectivity index is 2.99. The molecule has 1 heterocycles. The molecule has 0 aliphatic heterocycles. The molecule has 0 aliphatic carbocycles. The molecule has 0 unspecified atom stereocenters. The molecular formula is C11H18N2O. The summed E-state index contributed by atoms with van der Waals surface area (Å²) in [4.78, 5) is 0. The lowest BCUT2D eigenvalue weighted by Gasteiger charge is -2.13. The normalized spacial score (nSPS) is 12.6. The fourth-order valence-corrected chi connectivity index (χ4v) is 1.18.